The van der Waals surface area contributed by atoms with Crippen LogP contribution in [0.25, 0.3) is 0 Å². The first kappa shape index (κ1) is 12.6. The van der Waals surface area contributed by atoms with E-state index in [9.17, 15) is 9.90 Å². The number of ether oxygens (including phenoxy) is 1. The van der Waals surface area contributed by atoms with Crippen LogP contribution in [0, 0.1) is 16.7 Å². The van der Waals surface area contributed by atoms with E-state index in [-0.39, 0.29) is 10.8 Å². The van der Waals surface area contributed by atoms with Gasteiger partial charge in [-0.05, 0) is 31.1 Å². The molecular formula is C14H22O3. The molecule has 2 rings (SSSR count). The quantitative estimate of drug-likeness (QED) is 0.457. The maximum atomic E-state index is 11.7. The van der Waals surface area contributed by atoms with E-state index < -0.39 is 11.8 Å². The first-order chi connectivity index (χ1) is 7.64. The zero-order chi connectivity index (χ0) is 13.1. The molecule has 3 nitrogen and oxygen atoms in total. The smallest absolute Gasteiger partial charge is 0.335 e. The summed E-state index contributed by atoms with van der Waals surface area (Å²) in [5, 5.41) is 10.7. The van der Waals surface area contributed by atoms with Crippen molar-refractivity contribution >= 4 is 5.97 Å². The molecule has 3 unspecified atom stereocenters. The van der Waals surface area contributed by atoms with Gasteiger partial charge in [-0.25, -0.2) is 4.79 Å². The third kappa shape index (κ3) is 1.41. The third-order valence-corrected chi connectivity index (χ3v) is 5.43. The number of carbonyl (C=O) groups excluding carboxylic acids is 1. The first-order valence-corrected chi connectivity index (χ1v) is 6.25. The number of esters is 1. The fourth-order valence-electron chi connectivity index (χ4n) is 3.61. The van der Waals surface area contributed by atoms with E-state index in [0.717, 1.165) is 12.8 Å². The lowest BCUT2D eigenvalue weighted by atomic mass is 9.68. The van der Waals surface area contributed by atoms with Crippen molar-refractivity contribution in [1.82, 2.24) is 0 Å². The van der Waals surface area contributed by atoms with Crippen molar-refractivity contribution in [3.63, 3.8) is 0 Å². The molecule has 3 atom stereocenters. The molecule has 2 bridgehead atoms. The van der Waals surface area contributed by atoms with Gasteiger partial charge >= 0.3 is 5.97 Å². The lowest BCUT2D eigenvalue weighted by Crippen LogP contribution is -2.50. The topological polar surface area (TPSA) is 46.5 Å². The number of hydrogen-bond acceptors (Lipinski definition) is 3. The van der Waals surface area contributed by atoms with Crippen LogP contribution in [-0.4, -0.2) is 16.9 Å². The molecule has 2 fully saturated rings. The van der Waals surface area contributed by atoms with Crippen LogP contribution in [0.4, 0.5) is 0 Å². The Morgan fingerprint density at radius 1 is 1.41 bits per heavy atom. The van der Waals surface area contributed by atoms with Crippen molar-refractivity contribution < 1.29 is 14.6 Å². The lowest BCUT2D eigenvalue weighted by Gasteiger charge is -2.43. The Morgan fingerprint density at radius 2 is 2.00 bits per heavy atom. The van der Waals surface area contributed by atoms with Gasteiger partial charge in [-0.1, -0.05) is 27.4 Å². The average molecular weight is 238 g/mol. The second-order valence-electron chi connectivity index (χ2n) is 6.45. The van der Waals surface area contributed by atoms with Crippen LogP contribution < -0.4 is 0 Å². The molecule has 2 aliphatic rings. The summed E-state index contributed by atoms with van der Waals surface area (Å²) in [6.07, 6.45) is 2.57. The van der Waals surface area contributed by atoms with Crippen LogP contribution in [-0.2, 0) is 9.53 Å². The summed E-state index contributed by atoms with van der Waals surface area (Å²) in [5.74, 6) is -1.39. The maximum absolute atomic E-state index is 11.7. The highest BCUT2D eigenvalue weighted by molar-refractivity contribution is 5.87. The van der Waals surface area contributed by atoms with Crippen LogP contribution in [0.2, 0.25) is 0 Å². The van der Waals surface area contributed by atoms with Gasteiger partial charge in [0.05, 0.1) is 0 Å². The van der Waals surface area contributed by atoms with Gasteiger partial charge in [0.1, 0.15) is 0 Å². The normalized spacial score (nSPS) is 42.5. The van der Waals surface area contributed by atoms with Gasteiger partial charge in [0.25, 0.3) is 0 Å². The molecule has 3 heteroatoms. The second-order valence-corrected chi connectivity index (χ2v) is 6.45. The molecule has 0 aromatic carbocycles. The van der Waals surface area contributed by atoms with Gasteiger partial charge in [-0.15, -0.1) is 0 Å². The Hall–Kier alpha value is -0.830. The fourth-order valence-corrected chi connectivity index (χ4v) is 3.61. The summed E-state index contributed by atoms with van der Waals surface area (Å²) < 4.78 is 5.35. The van der Waals surface area contributed by atoms with E-state index in [0.29, 0.717) is 17.9 Å². The Bertz CT molecular complexity index is 385. The number of fused-ring (bicyclic) bond motifs is 2. The molecule has 17 heavy (non-hydrogen) atoms. The molecule has 0 saturated heterocycles. The molecule has 1 N–H and O–H groups in total. The van der Waals surface area contributed by atoms with Crippen molar-refractivity contribution in [2.24, 2.45) is 16.7 Å². The number of carbonyl (C=O) groups is 1. The lowest BCUT2D eigenvalue weighted by molar-refractivity contribution is -0.258. The molecule has 0 heterocycles. The van der Waals surface area contributed by atoms with E-state index in [2.05, 4.69) is 20.4 Å². The molecule has 0 spiro atoms. The highest BCUT2D eigenvalue weighted by Gasteiger charge is 2.70. The second kappa shape index (κ2) is 3.35. The predicted molar refractivity (Wildman–Crippen MR) is 65.1 cm³/mol. The SMILES string of the molecule is C=C(C)C(=O)OC1(O)CC2CCC1(C)C2(C)C. The minimum Gasteiger partial charge on any atom is -0.429 e. The highest BCUT2D eigenvalue weighted by atomic mass is 16.7. The van der Waals surface area contributed by atoms with Gasteiger partial charge in [-0.2, -0.15) is 0 Å². The Balaban J connectivity index is 2.30. The predicted octanol–water partition coefficient (Wildman–Crippen LogP) is 2.64. The van der Waals surface area contributed by atoms with E-state index in [4.69, 9.17) is 4.74 Å². The minimum atomic E-state index is -1.32. The molecule has 0 amide bonds. The zero-order valence-electron chi connectivity index (χ0n) is 11.2. The van der Waals surface area contributed by atoms with Gasteiger partial charge in [-0.3, -0.25) is 0 Å². The molecule has 0 aromatic heterocycles. The van der Waals surface area contributed by atoms with Crippen molar-refractivity contribution in [3.8, 4) is 0 Å². The Labute approximate surface area is 103 Å². The summed E-state index contributed by atoms with van der Waals surface area (Å²) >= 11 is 0. The molecule has 0 aliphatic heterocycles. The highest BCUT2D eigenvalue weighted by Crippen LogP contribution is 2.69. The van der Waals surface area contributed by atoms with E-state index >= 15 is 0 Å². The maximum Gasteiger partial charge on any atom is 0.335 e. The average Bonchev–Trinajstić information content (AvgIpc) is 2.49. The fraction of sp³-hybridized carbons (Fsp3) is 0.786. The molecule has 2 aliphatic carbocycles. The van der Waals surface area contributed by atoms with E-state index in [1.807, 2.05) is 6.92 Å². The van der Waals surface area contributed by atoms with Crippen molar-refractivity contribution in [2.45, 2.75) is 52.7 Å². The number of rotatable bonds is 2. The largest absolute Gasteiger partial charge is 0.429 e. The minimum absolute atomic E-state index is 0.0110. The van der Waals surface area contributed by atoms with Gasteiger partial charge in [0.15, 0.2) is 0 Å². The Morgan fingerprint density at radius 3 is 2.35 bits per heavy atom. The van der Waals surface area contributed by atoms with Gasteiger partial charge < -0.3 is 9.84 Å². The van der Waals surface area contributed by atoms with E-state index in [1.165, 1.54) is 0 Å². The monoisotopic (exact) mass is 238 g/mol. The van der Waals surface area contributed by atoms with E-state index in [1.54, 1.807) is 6.92 Å². The molecule has 0 radical (unpaired) electrons. The van der Waals surface area contributed by atoms with Crippen molar-refractivity contribution in [3.05, 3.63) is 12.2 Å². The van der Waals surface area contributed by atoms with Crippen LogP contribution in [0.5, 0.6) is 0 Å². The van der Waals surface area contributed by atoms with Gasteiger partial charge in [0.2, 0.25) is 5.79 Å². The molecule has 0 aromatic rings. The summed E-state index contributed by atoms with van der Waals surface area (Å²) in [6.45, 7) is 11.5. The van der Waals surface area contributed by atoms with Crippen molar-refractivity contribution in [2.75, 3.05) is 0 Å². The third-order valence-electron chi connectivity index (χ3n) is 5.43. The molecular weight excluding hydrogens is 216 g/mol. The van der Waals surface area contributed by atoms with Crippen LogP contribution in [0.1, 0.15) is 47.0 Å². The summed E-state index contributed by atoms with van der Waals surface area (Å²) in [7, 11) is 0. The number of aliphatic hydroxyl groups is 1. The van der Waals surface area contributed by atoms with Crippen LogP contribution in [0.3, 0.4) is 0 Å². The van der Waals surface area contributed by atoms with Crippen LogP contribution in [0.15, 0.2) is 12.2 Å². The standard InChI is InChI=1S/C14H22O3/c1-9(2)11(15)17-14(16)8-10-6-7-13(14,5)12(10,3)4/h10,16H,1,6-8H2,2-5H3. The summed E-state index contributed by atoms with van der Waals surface area (Å²) in [4.78, 5) is 11.7. The summed E-state index contributed by atoms with van der Waals surface area (Å²) in [5.41, 5.74) is -0.00465. The Kier molecular flexibility index (Phi) is 2.48. The molecule has 2 saturated carbocycles. The van der Waals surface area contributed by atoms with Gasteiger partial charge in [0, 0.05) is 17.4 Å². The molecule has 96 valence electrons. The zero-order valence-corrected chi connectivity index (χ0v) is 11.2. The number of hydrogen-bond donors (Lipinski definition) is 1. The van der Waals surface area contributed by atoms with Crippen molar-refractivity contribution in [1.29, 1.82) is 0 Å². The first-order valence-electron chi connectivity index (χ1n) is 6.25. The van der Waals surface area contributed by atoms with Crippen LogP contribution >= 0.6 is 0 Å². The summed E-state index contributed by atoms with van der Waals surface area (Å²) in [6, 6.07) is 0.